The third-order valence-electron chi connectivity index (χ3n) is 3.08. The van der Waals surface area contributed by atoms with Crippen LogP contribution in [0.4, 0.5) is 0 Å². The van der Waals surface area contributed by atoms with Gasteiger partial charge in [0.25, 0.3) is 0 Å². The Hall–Kier alpha value is 0.160. The molecular formula is C7H13ClN2O2S. The average Bonchev–Trinajstić information content (AvgIpc) is 2.60. The van der Waals surface area contributed by atoms with E-state index in [2.05, 4.69) is 10.9 Å². The number of halogens is 1. The van der Waals surface area contributed by atoms with Crippen LogP contribution in [0.2, 0.25) is 0 Å². The van der Waals surface area contributed by atoms with Crippen molar-refractivity contribution < 1.29 is 8.42 Å². The second-order valence-electron chi connectivity index (χ2n) is 3.81. The number of hydrogen-bond donors (Lipinski definition) is 2. The second-order valence-corrected chi connectivity index (χ2v) is 6.62. The third-order valence-corrected chi connectivity index (χ3v) is 5.09. The first-order valence-electron chi connectivity index (χ1n) is 4.48. The van der Waals surface area contributed by atoms with Gasteiger partial charge in [0, 0.05) is 17.2 Å². The molecule has 2 atom stereocenters. The largest absolute Gasteiger partial charge is 0.257 e. The first-order chi connectivity index (χ1) is 6.05. The van der Waals surface area contributed by atoms with Gasteiger partial charge in [-0.1, -0.05) is 6.42 Å². The highest BCUT2D eigenvalue weighted by molar-refractivity contribution is 8.14. The van der Waals surface area contributed by atoms with Gasteiger partial charge in [0.2, 0.25) is 9.05 Å². The quantitative estimate of drug-likeness (QED) is 0.631. The van der Waals surface area contributed by atoms with E-state index in [0.717, 1.165) is 25.8 Å². The Kier molecular flexibility index (Phi) is 2.30. The van der Waals surface area contributed by atoms with Gasteiger partial charge in [0.15, 0.2) is 0 Å². The standard InChI is InChI=1S/C7H13ClN2O2S/c8-13(11,12)6-2-1-3-7(6)4-5-9-10-7/h6,9-10H,1-5H2. The van der Waals surface area contributed by atoms with Gasteiger partial charge in [-0.05, 0) is 19.3 Å². The molecule has 0 aromatic rings. The molecule has 1 aliphatic heterocycles. The van der Waals surface area contributed by atoms with Crippen LogP contribution >= 0.6 is 10.7 Å². The van der Waals surface area contributed by atoms with Crippen molar-refractivity contribution >= 4 is 19.7 Å². The summed E-state index contributed by atoms with van der Waals surface area (Å²) in [5.41, 5.74) is 5.77. The molecule has 2 unspecified atom stereocenters. The van der Waals surface area contributed by atoms with Crippen LogP contribution in [0, 0.1) is 0 Å². The minimum Gasteiger partial charge on any atom is -0.257 e. The zero-order valence-corrected chi connectivity index (χ0v) is 8.79. The Balaban J connectivity index is 2.28. The van der Waals surface area contributed by atoms with Crippen LogP contribution in [0.15, 0.2) is 0 Å². The molecule has 1 saturated carbocycles. The van der Waals surface area contributed by atoms with E-state index in [4.69, 9.17) is 10.7 Å². The highest BCUT2D eigenvalue weighted by Gasteiger charge is 2.50. The summed E-state index contributed by atoms with van der Waals surface area (Å²) in [5, 5.41) is -0.420. The summed E-state index contributed by atoms with van der Waals surface area (Å²) in [6, 6.07) is 0. The predicted octanol–water partition coefficient (Wildman–Crippen LogP) is 0.344. The van der Waals surface area contributed by atoms with Crippen LogP contribution in [0.25, 0.3) is 0 Å². The molecule has 0 bridgehead atoms. The number of hydrogen-bond acceptors (Lipinski definition) is 4. The number of hydrazine groups is 1. The van der Waals surface area contributed by atoms with Gasteiger partial charge in [-0.3, -0.25) is 10.9 Å². The van der Waals surface area contributed by atoms with Gasteiger partial charge < -0.3 is 0 Å². The fraction of sp³-hybridized carbons (Fsp3) is 1.00. The summed E-state index contributed by atoms with van der Waals surface area (Å²) in [6.07, 6.45) is 3.37. The molecule has 0 amide bonds. The van der Waals surface area contributed by atoms with Crippen molar-refractivity contribution in [1.82, 2.24) is 10.9 Å². The van der Waals surface area contributed by atoms with E-state index in [1.807, 2.05) is 0 Å². The molecule has 2 fully saturated rings. The summed E-state index contributed by atoms with van der Waals surface area (Å²) in [7, 11) is 1.99. The lowest BCUT2D eigenvalue weighted by Crippen LogP contribution is -2.51. The molecule has 2 aliphatic rings. The van der Waals surface area contributed by atoms with Crippen molar-refractivity contribution in [3.63, 3.8) is 0 Å². The third kappa shape index (κ3) is 1.58. The molecule has 4 nitrogen and oxygen atoms in total. The summed E-state index contributed by atoms with van der Waals surface area (Å²) in [4.78, 5) is 0. The number of rotatable bonds is 1. The maximum atomic E-state index is 11.3. The van der Waals surface area contributed by atoms with Crippen molar-refractivity contribution in [2.24, 2.45) is 0 Å². The average molecular weight is 225 g/mol. The van der Waals surface area contributed by atoms with Crippen LogP contribution in [-0.2, 0) is 9.05 Å². The van der Waals surface area contributed by atoms with Gasteiger partial charge >= 0.3 is 0 Å². The molecule has 1 saturated heterocycles. The molecule has 1 spiro atoms. The molecule has 76 valence electrons. The summed E-state index contributed by atoms with van der Waals surface area (Å²) >= 11 is 0. The topological polar surface area (TPSA) is 58.2 Å². The molecule has 6 heteroatoms. The molecule has 0 aromatic heterocycles. The molecule has 2 N–H and O–H groups in total. The maximum Gasteiger partial charge on any atom is 0.237 e. The van der Waals surface area contributed by atoms with Gasteiger partial charge in [-0.25, -0.2) is 8.42 Å². The molecule has 1 aliphatic carbocycles. The lowest BCUT2D eigenvalue weighted by Gasteiger charge is -2.28. The van der Waals surface area contributed by atoms with Crippen molar-refractivity contribution in [2.75, 3.05) is 6.54 Å². The molecule has 2 rings (SSSR count). The first-order valence-corrected chi connectivity index (χ1v) is 6.85. The Labute approximate surface area is 82.4 Å². The van der Waals surface area contributed by atoms with Crippen LogP contribution < -0.4 is 10.9 Å². The van der Waals surface area contributed by atoms with E-state index >= 15 is 0 Å². The second kappa shape index (κ2) is 3.08. The van der Waals surface area contributed by atoms with E-state index in [9.17, 15) is 8.42 Å². The lowest BCUT2D eigenvalue weighted by atomic mass is 9.96. The molecule has 0 radical (unpaired) electrons. The van der Waals surface area contributed by atoms with E-state index in [0.29, 0.717) is 6.42 Å². The van der Waals surface area contributed by atoms with Crippen LogP contribution in [0.5, 0.6) is 0 Å². The lowest BCUT2D eigenvalue weighted by molar-refractivity contribution is 0.367. The maximum absolute atomic E-state index is 11.3. The summed E-state index contributed by atoms with van der Waals surface area (Å²) in [5.74, 6) is 0. The molecule has 1 heterocycles. The molecular weight excluding hydrogens is 212 g/mol. The fourth-order valence-corrected chi connectivity index (χ4v) is 4.53. The SMILES string of the molecule is O=S(=O)(Cl)C1CCCC12CCNN2. The predicted molar refractivity (Wildman–Crippen MR) is 50.9 cm³/mol. The van der Waals surface area contributed by atoms with Gasteiger partial charge in [-0.15, -0.1) is 0 Å². The fourth-order valence-electron chi connectivity index (χ4n) is 2.47. The van der Waals surface area contributed by atoms with Gasteiger partial charge in [0.1, 0.15) is 0 Å². The van der Waals surface area contributed by atoms with Gasteiger partial charge in [0.05, 0.1) is 10.8 Å². The first kappa shape index (κ1) is 9.71. The Bertz CT molecular complexity index is 292. The normalized spacial score (nSPS) is 40.2. The van der Waals surface area contributed by atoms with E-state index in [1.165, 1.54) is 0 Å². The smallest absolute Gasteiger partial charge is 0.237 e. The summed E-state index contributed by atoms with van der Waals surface area (Å²) < 4.78 is 22.6. The minimum absolute atomic E-state index is 0.291. The van der Waals surface area contributed by atoms with Crippen molar-refractivity contribution in [3.8, 4) is 0 Å². The van der Waals surface area contributed by atoms with Crippen LogP contribution in [-0.4, -0.2) is 25.8 Å². The highest BCUT2D eigenvalue weighted by atomic mass is 35.7. The minimum atomic E-state index is -3.42. The van der Waals surface area contributed by atoms with E-state index in [1.54, 1.807) is 0 Å². The molecule has 13 heavy (non-hydrogen) atoms. The Morgan fingerprint density at radius 1 is 1.38 bits per heavy atom. The van der Waals surface area contributed by atoms with E-state index < -0.39 is 14.3 Å². The van der Waals surface area contributed by atoms with E-state index in [-0.39, 0.29) is 5.54 Å². The Morgan fingerprint density at radius 3 is 2.69 bits per heavy atom. The van der Waals surface area contributed by atoms with Gasteiger partial charge in [-0.2, -0.15) is 0 Å². The van der Waals surface area contributed by atoms with Crippen molar-refractivity contribution in [2.45, 2.75) is 36.5 Å². The highest BCUT2D eigenvalue weighted by Crippen LogP contribution is 2.39. The molecule has 0 aromatic carbocycles. The monoisotopic (exact) mass is 224 g/mol. The zero-order chi connectivity index (χ0) is 9.53. The van der Waals surface area contributed by atoms with Crippen molar-refractivity contribution in [3.05, 3.63) is 0 Å². The Morgan fingerprint density at radius 2 is 2.15 bits per heavy atom. The van der Waals surface area contributed by atoms with Crippen molar-refractivity contribution in [1.29, 1.82) is 0 Å². The van der Waals surface area contributed by atoms with Crippen LogP contribution in [0.3, 0.4) is 0 Å². The zero-order valence-electron chi connectivity index (χ0n) is 7.22. The summed E-state index contributed by atoms with van der Waals surface area (Å²) in [6.45, 7) is 0.822. The number of nitrogens with one attached hydrogen (secondary N) is 2. The van der Waals surface area contributed by atoms with Crippen LogP contribution in [0.1, 0.15) is 25.7 Å².